The first-order chi connectivity index (χ1) is 12.0. The van der Waals surface area contributed by atoms with Crippen LogP contribution in [0.25, 0.3) is 0 Å². The van der Waals surface area contributed by atoms with Gasteiger partial charge < -0.3 is 20.5 Å². The lowest BCUT2D eigenvalue weighted by Crippen LogP contribution is -2.45. The first-order valence-electron chi connectivity index (χ1n) is 7.83. The van der Waals surface area contributed by atoms with Gasteiger partial charge in [0.15, 0.2) is 5.11 Å². The van der Waals surface area contributed by atoms with Crippen LogP contribution in [0.2, 0.25) is 0 Å². The summed E-state index contributed by atoms with van der Waals surface area (Å²) in [5, 5.41) is 16.0. The lowest BCUT2D eigenvalue weighted by molar-refractivity contribution is -0.140. The number of phenols is 1. The molecule has 2 aromatic rings. The van der Waals surface area contributed by atoms with Crippen LogP contribution in [0, 0.1) is 0 Å². The molecule has 0 amide bonds. The Kier molecular flexibility index (Phi) is 5.00. The number of rotatable bonds is 4. The normalized spacial score (nSPS) is 16.8. The standard InChI is InChI=1S/C19H18N2O3S/c1-12-16(18(23)24-11-13-5-3-2-4-6-13)17(21-19(25)20-12)14-7-9-15(22)10-8-14/h2-10,17,22H,11H2,1H3,(H2,20,21,25). The summed E-state index contributed by atoms with van der Waals surface area (Å²) in [4.78, 5) is 12.7. The fourth-order valence-electron chi connectivity index (χ4n) is 2.68. The van der Waals surface area contributed by atoms with E-state index in [4.69, 9.17) is 17.0 Å². The molecule has 1 atom stereocenters. The third-order valence-electron chi connectivity index (χ3n) is 3.93. The molecular weight excluding hydrogens is 336 g/mol. The van der Waals surface area contributed by atoms with Gasteiger partial charge in [0.25, 0.3) is 0 Å². The van der Waals surface area contributed by atoms with E-state index in [-0.39, 0.29) is 12.4 Å². The molecule has 0 spiro atoms. The molecular formula is C19H18N2O3S. The number of hydrogen-bond donors (Lipinski definition) is 3. The number of thiocarbonyl (C=S) groups is 1. The molecule has 1 heterocycles. The molecule has 5 nitrogen and oxygen atoms in total. The van der Waals surface area contributed by atoms with Gasteiger partial charge in [-0.3, -0.25) is 0 Å². The van der Waals surface area contributed by atoms with Crippen molar-refractivity contribution in [1.29, 1.82) is 0 Å². The molecule has 0 saturated heterocycles. The number of esters is 1. The Labute approximate surface area is 151 Å². The maximum absolute atomic E-state index is 12.7. The molecule has 6 heteroatoms. The van der Waals surface area contributed by atoms with Gasteiger partial charge in [-0.15, -0.1) is 0 Å². The zero-order valence-electron chi connectivity index (χ0n) is 13.7. The molecule has 0 aromatic heterocycles. The SMILES string of the molecule is CC1=C(C(=O)OCc2ccccc2)C(c2ccc(O)cc2)NC(=S)N1. The average Bonchev–Trinajstić information content (AvgIpc) is 2.60. The van der Waals surface area contributed by atoms with E-state index in [0.29, 0.717) is 16.4 Å². The van der Waals surface area contributed by atoms with Crippen LogP contribution in [-0.4, -0.2) is 16.2 Å². The Balaban J connectivity index is 1.84. The fourth-order valence-corrected chi connectivity index (χ4v) is 2.95. The quantitative estimate of drug-likeness (QED) is 0.579. The van der Waals surface area contributed by atoms with Gasteiger partial charge in [-0.2, -0.15) is 0 Å². The minimum atomic E-state index is -0.433. The van der Waals surface area contributed by atoms with Crippen molar-refractivity contribution in [2.24, 2.45) is 0 Å². The average molecular weight is 354 g/mol. The lowest BCUT2D eigenvalue weighted by Gasteiger charge is -2.29. The predicted molar refractivity (Wildman–Crippen MR) is 98.7 cm³/mol. The van der Waals surface area contributed by atoms with Gasteiger partial charge in [0.05, 0.1) is 11.6 Å². The summed E-state index contributed by atoms with van der Waals surface area (Å²) >= 11 is 5.21. The number of nitrogens with one attached hydrogen (secondary N) is 2. The molecule has 25 heavy (non-hydrogen) atoms. The second-order valence-electron chi connectivity index (χ2n) is 5.72. The van der Waals surface area contributed by atoms with Gasteiger partial charge in [0.2, 0.25) is 0 Å². The Morgan fingerprint density at radius 3 is 2.52 bits per heavy atom. The van der Waals surface area contributed by atoms with Gasteiger partial charge in [-0.1, -0.05) is 42.5 Å². The number of ether oxygens (including phenoxy) is 1. The van der Waals surface area contributed by atoms with Gasteiger partial charge in [-0.25, -0.2) is 4.79 Å². The van der Waals surface area contributed by atoms with Crippen molar-refractivity contribution < 1.29 is 14.6 Å². The summed E-state index contributed by atoms with van der Waals surface area (Å²) in [6, 6.07) is 15.7. The highest BCUT2D eigenvalue weighted by atomic mass is 32.1. The minimum absolute atomic E-state index is 0.161. The van der Waals surface area contributed by atoms with Crippen molar-refractivity contribution in [1.82, 2.24) is 10.6 Å². The topological polar surface area (TPSA) is 70.6 Å². The van der Waals surface area contributed by atoms with Gasteiger partial charge in [0, 0.05) is 5.70 Å². The number of benzene rings is 2. The first kappa shape index (κ1) is 17.0. The van der Waals surface area contributed by atoms with E-state index in [2.05, 4.69) is 10.6 Å². The lowest BCUT2D eigenvalue weighted by atomic mass is 9.95. The molecule has 0 radical (unpaired) electrons. The second-order valence-corrected chi connectivity index (χ2v) is 6.13. The first-order valence-corrected chi connectivity index (χ1v) is 8.23. The van der Waals surface area contributed by atoms with E-state index in [1.54, 1.807) is 31.2 Å². The van der Waals surface area contributed by atoms with Gasteiger partial charge >= 0.3 is 5.97 Å². The monoisotopic (exact) mass is 354 g/mol. The summed E-state index contributed by atoms with van der Waals surface area (Å²) < 4.78 is 5.48. The third-order valence-corrected chi connectivity index (χ3v) is 4.15. The van der Waals surface area contributed by atoms with E-state index in [1.165, 1.54) is 0 Å². The highest BCUT2D eigenvalue weighted by molar-refractivity contribution is 7.80. The smallest absolute Gasteiger partial charge is 0.338 e. The Hall–Kier alpha value is -2.86. The number of carbonyl (C=O) groups excluding carboxylic acids is 1. The van der Waals surface area contributed by atoms with Crippen LogP contribution in [0.3, 0.4) is 0 Å². The molecule has 3 rings (SSSR count). The van der Waals surface area contributed by atoms with Crippen molar-refractivity contribution >= 4 is 23.3 Å². The van der Waals surface area contributed by atoms with Crippen LogP contribution in [0.15, 0.2) is 65.9 Å². The molecule has 1 unspecified atom stereocenters. The van der Waals surface area contributed by atoms with E-state index >= 15 is 0 Å². The largest absolute Gasteiger partial charge is 0.508 e. The predicted octanol–water partition coefficient (Wildman–Crippen LogP) is 2.93. The summed E-state index contributed by atoms with van der Waals surface area (Å²) in [7, 11) is 0. The van der Waals surface area contributed by atoms with Crippen LogP contribution in [0.5, 0.6) is 5.75 Å². The fraction of sp³-hybridized carbons (Fsp3) is 0.158. The molecule has 0 aliphatic carbocycles. The number of aromatic hydroxyl groups is 1. The number of carbonyl (C=O) groups is 1. The van der Waals surface area contributed by atoms with Crippen LogP contribution in [-0.2, 0) is 16.1 Å². The third kappa shape index (κ3) is 3.97. The summed E-state index contributed by atoms with van der Waals surface area (Å²) in [6.45, 7) is 1.99. The van der Waals surface area contributed by atoms with Crippen molar-refractivity contribution in [3.63, 3.8) is 0 Å². The molecule has 0 fully saturated rings. The maximum Gasteiger partial charge on any atom is 0.338 e. The van der Waals surface area contributed by atoms with E-state index in [0.717, 1.165) is 11.1 Å². The van der Waals surface area contributed by atoms with Crippen LogP contribution in [0.4, 0.5) is 0 Å². The Morgan fingerprint density at radius 1 is 1.16 bits per heavy atom. The zero-order valence-corrected chi connectivity index (χ0v) is 14.5. The summed E-state index contributed by atoms with van der Waals surface area (Å²) in [5.41, 5.74) is 2.85. The van der Waals surface area contributed by atoms with E-state index < -0.39 is 12.0 Å². The van der Waals surface area contributed by atoms with Crippen molar-refractivity contribution in [3.8, 4) is 5.75 Å². The number of phenolic OH excluding ortho intramolecular Hbond substituents is 1. The molecule has 2 aromatic carbocycles. The Bertz CT molecular complexity index is 816. The van der Waals surface area contributed by atoms with Crippen molar-refractivity contribution in [2.75, 3.05) is 0 Å². The zero-order chi connectivity index (χ0) is 17.8. The molecule has 0 bridgehead atoms. The molecule has 128 valence electrons. The molecule has 0 saturated carbocycles. The Morgan fingerprint density at radius 2 is 1.84 bits per heavy atom. The highest BCUT2D eigenvalue weighted by Gasteiger charge is 2.30. The van der Waals surface area contributed by atoms with Gasteiger partial charge in [-0.05, 0) is 42.4 Å². The van der Waals surface area contributed by atoms with Gasteiger partial charge in [0.1, 0.15) is 12.4 Å². The minimum Gasteiger partial charge on any atom is -0.508 e. The molecule has 1 aliphatic rings. The molecule has 1 aliphatic heterocycles. The number of allylic oxidation sites excluding steroid dienone is 1. The summed E-state index contributed by atoms with van der Waals surface area (Å²) in [6.07, 6.45) is 0. The highest BCUT2D eigenvalue weighted by Crippen LogP contribution is 2.28. The van der Waals surface area contributed by atoms with Crippen molar-refractivity contribution in [2.45, 2.75) is 19.6 Å². The van der Waals surface area contributed by atoms with Crippen LogP contribution in [0.1, 0.15) is 24.1 Å². The second kappa shape index (κ2) is 7.36. The van der Waals surface area contributed by atoms with Crippen LogP contribution >= 0.6 is 12.2 Å². The summed E-state index contributed by atoms with van der Waals surface area (Å²) in [5.74, 6) is -0.254. The van der Waals surface area contributed by atoms with E-state index in [9.17, 15) is 9.90 Å². The van der Waals surface area contributed by atoms with Crippen molar-refractivity contribution in [3.05, 3.63) is 77.0 Å². The van der Waals surface area contributed by atoms with E-state index in [1.807, 2.05) is 30.3 Å². The number of hydrogen-bond acceptors (Lipinski definition) is 4. The van der Waals surface area contributed by atoms with Crippen LogP contribution < -0.4 is 10.6 Å². The maximum atomic E-state index is 12.7. The molecule has 3 N–H and O–H groups in total.